The van der Waals surface area contributed by atoms with Crippen molar-refractivity contribution in [1.82, 2.24) is 10.6 Å². The minimum absolute atomic E-state index is 0.102. The Morgan fingerprint density at radius 2 is 1.83 bits per heavy atom. The highest BCUT2D eigenvalue weighted by Gasteiger charge is 2.07. The quantitative estimate of drug-likeness (QED) is 0.644. The topological polar surface area (TPSA) is 41.1 Å². The van der Waals surface area contributed by atoms with Gasteiger partial charge < -0.3 is 10.6 Å². The van der Waals surface area contributed by atoms with E-state index < -0.39 is 0 Å². The number of benzene rings is 2. The predicted octanol–water partition coefficient (Wildman–Crippen LogP) is 3.45. The zero-order valence-electron chi connectivity index (χ0n) is 13.3. The molecular formula is C18H20N2OS2. The van der Waals surface area contributed by atoms with Crippen LogP contribution in [-0.4, -0.2) is 17.3 Å². The predicted molar refractivity (Wildman–Crippen MR) is 101 cm³/mol. The number of nitrogens with one attached hydrogen (secondary N) is 2. The number of carbonyl (C=O) groups excluding carboxylic acids is 1. The van der Waals surface area contributed by atoms with Gasteiger partial charge in [0.25, 0.3) is 0 Å². The van der Waals surface area contributed by atoms with E-state index in [-0.39, 0.29) is 5.91 Å². The molecule has 0 aliphatic rings. The van der Waals surface area contributed by atoms with Gasteiger partial charge in [0.1, 0.15) is 0 Å². The van der Waals surface area contributed by atoms with E-state index in [4.69, 9.17) is 12.2 Å². The Kier molecular flexibility index (Phi) is 6.62. The first kappa shape index (κ1) is 17.5. The van der Waals surface area contributed by atoms with Gasteiger partial charge in [-0.25, -0.2) is 0 Å². The number of rotatable bonds is 5. The fourth-order valence-electron chi connectivity index (χ4n) is 2.12. The van der Waals surface area contributed by atoms with Crippen molar-refractivity contribution in [3.8, 4) is 0 Å². The second-order valence-electron chi connectivity index (χ2n) is 5.18. The molecule has 0 aliphatic heterocycles. The van der Waals surface area contributed by atoms with E-state index in [0.29, 0.717) is 18.1 Å². The first-order chi connectivity index (χ1) is 11.1. The van der Waals surface area contributed by atoms with Crippen LogP contribution in [-0.2, 0) is 17.8 Å². The van der Waals surface area contributed by atoms with Crippen LogP contribution in [0.4, 0.5) is 0 Å². The largest absolute Gasteiger partial charge is 0.358 e. The third kappa shape index (κ3) is 5.69. The summed E-state index contributed by atoms with van der Waals surface area (Å²) in [6, 6.07) is 16.1. The summed E-state index contributed by atoms with van der Waals surface area (Å²) in [5.74, 6) is -0.102. The van der Waals surface area contributed by atoms with E-state index in [1.54, 1.807) is 11.8 Å². The van der Waals surface area contributed by atoms with Gasteiger partial charge in [0.2, 0.25) is 5.91 Å². The van der Waals surface area contributed by atoms with Crippen molar-refractivity contribution in [3.05, 3.63) is 65.2 Å². The fourth-order valence-corrected chi connectivity index (χ4v) is 2.72. The second kappa shape index (κ2) is 8.70. The molecule has 2 aromatic rings. The summed E-state index contributed by atoms with van der Waals surface area (Å²) >= 11 is 6.89. The van der Waals surface area contributed by atoms with Crippen LogP contribution in [0.3, 0.4) is 0 Å². The van der Waals surface area contributed by atoms with Crippen molar-refractivity contribution in [2.45, 2.75) is 24.8 Å². The van der Waals surface area contributed by atoms with E-state index in [2.05, 4.69) is 34.9 Å². The molecule has 2 aromatic carbocycles. The average Bonchev–Trinajstić information content (AvgIpc) is 2.55. The summed E-state index contributed by atoms with van der Waals surface area (Å²) < 4.78 is 0. The molecule has 0 unspecified atom stereocenters. The van der Waals surface area contributed by atoms with Gasteiger partial charge in [-0.05, 0) is 54.2 Å². The molecule has 0 aliphatic carbocycles. The molecule has 0 saturated heterocycles. The standard InChI is InChI=1S/C18H20N2OS2/c1-13-5-3-4-6-15(13)11-17(21)20-18(22)19-12-14-7-9-16(23-2)10-8-14/h3-10H,11-12H2,1-2H3,(H2,19,20,21,22). The Balaban J connectivity index is 1.79. The van der Waals surface area contributed by atoms with Gasteiger partial charge in [0.05, 0.1) is 6.42 Å². The highest BCUT2D eigenvalue weighted by Crippen LogP contribution is 2.14. The number of aryl methyl sites for hydroxylation is 1. The number of carbonyl (C=O) groups is 1. The molecule has 23 heavy (non-hydrogen) atoms. The third-order valence-electron chi connectivity index (χ3n) is 3.48. The van der Waals surface area contributed by atoms with Gasteiger partial charge in [0.15, 0.2) is 5.11 Å². The Labute approximate surface area is 146 Å². The smallest absolute Gasteiger partial charge is 0.230 e. The molecule has 2 N–H and O–H groups in total. The Hall–Kier alpha value is -1.85. The minimum Gasteiger partial charge on any atom is -0.358 e. The molecule has 0 bridgehead atoms. The summed E-state index contributed by atoms with van der Waals surface area (Å²) in [6.45, 7) is 2.59. The van der Waals surface area contributed by atoms with Crippen molar-refractivity contribution in [1.29, 1.82) is 0 Å². The first-order valence-corrected chi connectivity index (χ1v) is 8.97. The molecule has 2 rings (SSSR count). The molecule has 0 radical (unpaired) electrons. The van der Waals surface area contributed by atoms with E-state index >= 15 is 0 Å². The van der Waals surface area contributed by atoms with Gasteiger partial charge in [-0.3, -0.25) is 4.79 Å². The van der Waals surface area contributed by atoms with Crippen molar-refractivity contribution in [2.75, 3.05) is 6.26 Å². The van der Waals surface area contributed by atoms with Gasteiger partial charge in [-0.1, -0.05) is 36.4 Å². The minimum atomic E-state index is -0.102. The van der Waals surface area contributed by atoms with Crippen LogP contribution < -0.4 is 10.6 Å². The van der Waals surface area contributed by atoms with Gasteiger partial charge >= 0.3 is 0 Å². The zero-order chi connectivity index (χ0) is 16.7. The van der Waals surface area contributed by atoms with E-state index in [1.807, 2.05) is 37.4 Å². The summed E-state index contributed by atoms with van der Waals surface area (Å²) in [4.78, 5) is 13.3. The highest BCUT2D eigenvalue weighted by molar-refractivity contribution is 7.98. The molecule has 120 valence electrons. The van der Waals surface area contributed by atoms with Crippen LogP contribution in [0, 0.1) is 6.92 Å². The monoisotopic (exact) mass is 344 g/mol. The summed E-state index contributed by atoms with van der Waals surface area (Å²) in [7, 11) is 0. The maximum atomic E-state index is 12.0. The van der Waals surface area contributed by atoms with E-state index in [0.717, 1.165) is 16.7 Å². The van der Waals surface area contributed by atoms with Gasteiger partial charge in [-0.15, -0.1) is 11.8 Å². The maximum absolute atomic E-state index is 12.0. The molecule has 5 heteroatoms. The summed E-state index contributed by atoms with van der Waals surface area (Å²) in [5.41, 5.74) is 3.24. The van der Waals surface area contributed by atoms with Crippen LogP contribution in [0.2, 0.25) is 0 Å². The molecule has 0 saturated carbocycles. The second-order valence-corrected chi connectivity index (χ2v) is 6.47. The summed E-state index contributed by atoms with van der Waals surface area (Å²) in [6.07, 6.45) is 2.38. The summed E-state index contributed by atoms with van der Waals surface area (Å²) in [5, 5.41) is 6.14. The molecular weight excluding hydrogens is 324 g/mol. The first-order valence-electron chi connectivity index (χ1n) is 7.33. The Morgan fingerprint density at radius 3 is 2.48 bits per heavy atom. The molecule has 3 nitrogen and oxygen atoms in total. The van der Waals surface area contributed by atoms with Crippen LogP contribution in [0.1, 0.15) is 16.7 Å². The van der Waals surface area contributed by atoms with E-state index in [1.165, 1.54) is 4.90 Å². The van der Waals surface area contributed by atoms with Crippen LogP contribution in [0.5, 0.6) is 0 Å². The molecule has 0 heterocycles. The van der Waals surface area contributed by atoms with Crippen molar-refractivity contribution >= 4 is 35.0 Å². The lowest BCUT2D eigenvalue weighted by atomic mass is 10.1. The normalized spacial score (nSPS) is 10.2. The van der Waals surface area contributed by atoms with Crippen molar-refractivity contribution in [3.63, 3.8) is 0 Å². The maximum Gasteiger partial charge on any atom is 0.230 e. The van der Waals surface area contributed by atoms with Crippen molar-refractivity contribution in [2.24, 2.45) is 0 Å². The lowest BCUT2D eigenvalue weighted by molar-refractivity contribution is -0.119. The fraction of sp³-hybridized carbons (Fsp3) is 0.222. The van der Waals surface area contributed by atoms with Crippen LogP contribution >= 0.6 is 24.0 Å². The third-order valence-corrected chi connectivity index (χ3v) is 4.47. The van der Waals surface area contributed by atoms with Crippen LogP contribution in [0.25, 0.3) is 0 Å². The molecule has 0 atom stereocenters. The highest BCUT2D eigenvalue weighted by atomic mass is 32.2. The molecule has 0 spiro atoms. The lowest BCUT2D eigenvalue weighted by Crippen LogP contribution is -2.39. The zero-order valence-corrected chi connectivity index (χ0v) is 14.9. The average molecular weight is 345 g/mol. The molecule has 1 amide bonds. The SMILES string of the molecule is CSc1ccc(CNC(=S)NC(=O)Cc2ccccc2C)cc1. The molecule has 0 fully saturated rings. The molecule has 0 aromatic heterocycles. The van der Waals surface area contributed by atoms with Gasteiger partial charge in [0, 0.05) is 11.4 Å². The number of thioether (sulfide) groups is 1. The number of hydrogen-bond acceptors (Lipinski definition) is 3. The Morgan fingerprint density at radius 1 is 1.13 bits per heavy atom. The number of amides is 1. The van der Waals surface area contributed by atoms with E-state index in [9.17, 15) is 4.79 Å². The number of thiocarbonyl (C=S) groups is 1. The Bertz CT molecular complexity index is 684. The van der Waals surface area contributed by atoms with Crippen LogP contribution in [0.15, 0.2) is 53.4 Å². The van der Waals surface area contributed by atoms with Crippen molar-refractivity contribution < 1.29 is 4.79 Å². The van der Waals surface area contributed by atoms with Gasteiger partial charge in [-0.2, -0.15) is 0 Å². The lowest BCUT2D eigenvalue weighted by Gasteiger charge is -2.11. The number of hydrogen-bond donors (Lipinski definition) is 2.